The van der Waals surface area contributed by atoms with Crippen molar-refractivity contribution in [3.05, 3.63) is 41.5 Å². The number of hydrogen-bond acceptors (Lipinski definition) is 5. The summed E-state index contributed by atoms with van der Waals surface area (Å²) in [4.78, 5) is 4.30. The molecule has 0 bridgehead atoms. The summed E-state index contributed by atoms with van der Waals surface area (Å²) in [6.07, 6.45) is 3.51. The van der Waals surface area contributed by atoms with E-state index in [1.807, 2.05) is 36.9 Å². The molecule has 3 N–H and O–H groups in total. The molecule has 102 valence electrons. The molecule has 0 spiro atoms. The Kier molecular flexibility index (Phi) is 4.13. The van der Waals surface area contributed by atoms with Crippen molar-refractivity contribution in [2.45, 2.75) is 26.4 Å². The molecular weight excluding hydrogens is 242 g/mol. The second kappa shape index (κ2) is 5.81. The Morgan fingerprint density at radius 2 is 2.21 bits per heavy atom. The molecule has 2 heterocycles. The number of ether oxygens (including phenoxy) is 1. The Bertz CT molecular complexity index is 513. The van der Waals surface area contributed by atoms with Gasteiger partial charge in [0.1, 0.15) is 5.69 Å². The van der Waals surface area contributed by atoms with E-state index in [4.69, 9.17) is 10.6 Å². The molecule has 0 aliphatic carbocycles. The molecule has 6 nitrogen and oxygen atoms in total. The third kappa shape index (κ3) is 2.59. The van der Waals surface area contributed by atoms with Gasteiger partial charge in [0.05, 0.1) is 19.3 Å². The predicted molar refractivity (Wildman–Crippen MR) is 72.6 cm³/mol. The quantitative estimate of drug-likeness (QED) is 0.624. The van der Waals surface area contributed by atoms with Gasteiger partial charge in [-0.3, -0.25) is 15.5 Å². The van der Waals surface area contributed by atoms with Crippen LogP contribution in [0.15, 0.2) is 24.5 Å². The van der Waals surface area contributed by atoms with Crippen LogP contribution in [0.1, 0.15) is 29.9 Å². The van der Waals surface area contributed by atoms with Gasteiger partial charge in [-0.15, -0.1) is 0 Å². The Balaban J connectivity index is 2.46. The number of hydrogen-bond donors (Lipinski definition) is 2. The lowest BCUT2D eigenvalue weighted by Gasteiger charge is -2.18. The van der Waals surface area contributed by atoms with Gasteiger partial charge in [0.15, 0.2) is 5.75 Å². The zero-order valence-corrected chi connectivity index (χ0v) is 11.4. The second-order valence-corrected chi connectivity index (χ2v) is 4.25. The monoisotopic (exact) mass is 261 g/mol. The maximum atomic E-state index is 5.71. The third-order valence-corrected chi connectivity index (χ3v) is 3.07. The number of aromatic nitrogens is 3. The normalized spacial score (nSPS) is 12.4. The highest BCUT2D eigenvalue weighted by Gasteiger charge is 2.22. The second-order valence-electron chi connectivity index (χ2n) is 4.25. The van der Waals surface area contributed by atoms with Crippen LogP contribution in [0.3, 0.4) is 0 Å². The Morgan fingerprint density at radius 1 is 1.42 bits per heavy atom. The van der Waals surface area contributed by atoms with E-state index in [-0.39, 0.29) is 6.04 Å². The first-order chi connectivity index (χ1) is 9.21. The number of pyridine rings is 1. The molecule has 1 atom stereocenters. The van der Waals surface area contributed by atoms with Crippen LogP contribution in [0.25, 0.3) is 0 Å². The van der Waals surface area contributed by atoms with Crippen LogP contribution in [-0.4, -0.2) is 21.9 Å². The molecule has 1 unspecified atom stereocenters. The first kappa shape index (κ1) is 13.5. The van der Waals surface area contributed by atoms with Gasteiger partial charge in [0, 0.05) is 18.4 Å². The van der Waals surface area contributed by atoms with Crippen molar-refractivity contribution in [3.63, 3.8) is 0 Å². The number of methoxy groups -OCH3 is 1. The lowest BCUT2D eigenvalue weighted by molar-refractivity contribution is 0.399. The van der Waals surface area contributed by atoms with Crippen LogP contribution in [0, 0.1) is 6.92 Å². The van der Waals surface area contributed by atoms with E-state index >= 15 is 0 Å². The lowest BCUT2D eigenvalue weighted by atomic mass is 10.1. The van der Waals surface area contributed by atoms with Crippen molar-refractivity contribution in [2.75, 3.05) is 7.11 Å². The number of nitrogens with one attached hydrogen (secondary N) is 1. The van der Waals surface area contributed by atoms with E-state index < -0.39 is 0 Å². The van der Waals surface area contributed by atoms with Crippen molar-refractivity contribution in [1.29, 1.82) is 0 Å². The zero-order chi connectivity index (χ0) is 13.8. The van der Waals surface area contributed by atoms with Gasteiger partial charge in [-0.25, -0.2) is 5.43 Å². The minimum atomic E-state index is -0.203. The molecule has 0 aliphatic heterocycles. The summed E-state index contributed by atoms with van der Waals surface area (Å²) in [6, 6.07) is 3.75. The summed E-state index contributed by atoms with van der Waals surface area (Å²) in [5, 5.41) is 4.29. The molecule has 2 aromatic rings. The molecule has 0 aliphatic rings. The van der Waals surface area contributed by atoms with Crippen molar-refractivity contribution in [2.24, 2.45) is 5.84 Å². The molecule has 0 saturated carbocycles. The standard InChI is InChI=1S/C13H19N5O/c1-4-18-13(11(19-3)8-16-18)12(17-14)10-6-5-9(2)15-7-10/h5-8,12,17H,4,14H2,1-3H3. The Labute approximate surface area is 112 Å². The lowest BCUT2D eigenvalue weighted by Crippen LogP contribution is -2.31. The van der Waals surface area contributed by atoms with Crippen molar-refractivity contribution in [3.8, 4) is 5.75 Å². The predicted octanol–water partition coefficient (Wildman–Crippen LogP) is 1.17. The molecule has 0 fully saturated rings. The van der Waals surface area contributed by atoms with Gasteiger partial charge in [-0.2, -0.15) is 5.10 Å². The number of rotatable bonds is 5. The van der Waals surface area contributed by atoms with E-state index in [0.717, 1.165) is 23.5 Å². The molecule has 0 radical (unpaired) electrons. The average molecular weight is 261 g/mol. The minimum absolute atomic E-state index is 0.203. The van der Waals surface area contributed by atoms with Gasteiger partial charge in [-0.1, -0.05) is 6.07 Å². The molecule has 0 aromatic carbocycles. The van der Waals surface area contributed by atoms with Gasteiger partial charge in [0.25, 0.3) is 0 Å². The topological polar surface area (TPSA) is 78.0 Å². The highest BCUT2D eigenvalue weighted by Crippen LogP contribution is 2.29. The van der Waals surface area contributed by atoms with Crippen LogP contribution in [0.4, 0.5) is 0 Å². The largest absolute Gasteiger partial charge is 0.493 e. The maximum absolute atomic E-state index is 5.71. The summed E-state index contributed by atoms with van der Waals surface area (Å²) in [6.45, 7) is 4.72. The van der Waals surface area contributed by atoms with E-state index in [1.54, 1.807) is 13.3 Å². The van der Waals surface area contributed by atoms with E-state index in [9.17, 15) is 0 Å². The van der Waals surface area contributed by atoms with E-state index in [0.29, 0.717) is 5.75 Å². The fourth-order valence-electron chi connectivity index (χ4n) is 2.06. The van der Waals surface area contributed by atoms with E-state index in [1.165, 1.54) is 0 Å². The van der Waals surface area contributed by atoms with Crippen molar-refractivity contribution in [1.82, 2.24) is 20.2 Å². The molecule has 2 aromatic heterocycles. The number of nitrogens with two attached hydrogens (primary N) is 1. The first-order valence-corrected chi connectivity index (χ1v) is 6.19. The summed E-state index contributed by atoms with van der Waals surface area (Å²) in [5.41, 5.74) is 5.65. The minimum Gasteiger partial charge on any atom is -0.493 e. The summed E-state index contributed by atoms with van der Waals surface area (Å²) in [7, 11) is 1.63. The van der Waals surface area contributed by atoms with Crippen LogP contribution in [0.5, 0.6) is 5.75 Å². The van der Waals surface area contributed by atoms with Crippen LogP contribution < -0.4 is 16.0 Å². The highest BCUT2D eigenvalue weighted by atomic mass is 16.5. The summed E-state index contributed by atoms with van der Waals surface area (Å²) >= 11 is 0. The number of aryl methyl sites for hydroxylation is 2. The fraction of sp³-hybridized carbons (Fsp3) is 0.385. The molecule has 0 amide bonds. The Morgan fingerprint density at radius 3 is 2.74 bits per heavy atom. The smallest absolute Gasteiger partial charge is 0.161 e. The van der Waals surface area contributed by atoms with Crippen molar-refractivity contribution >= 4 is 0 Å². The van der Waals surface area contributed by atoms with Gasteiger partial charge in [0.2, 0.25) is 0 Å². The molecule has 6 heteroatoms. The molecule has 19 heavy (non-hydrogen) atoms. The zero-order valence-electron chi connectivity index (χ0n) is 11.4. The van der Waals surface area contributed by atoms with Crippen molar-refractivity contribution < 1.29 is 4.74 Å². The average Bonchev–Trinajstić information content (AvgIpc) is 2.85. The maximum Gasteiger partial charge on any atom is 0.161 e. The summed E-state index contributed by atoms with van der Waals surface area (Å²) in [5.74, 6) is 6.42. The number of nitrogens with zero attached hydrogens (tertiary/aromatic N) is 3. The first-order valence-electron chi connectivity index (χ1n) is 6.19. The highest BCUT2D eigenvalue weighted by molar-refractivity contribution is 5.35. The van der Waals surface area contributed by atoms with Gasteiger partial charge >= 0.3 is 0 Å². The Hall–Kier alpha value is -1.92. The summed E-state index contributed by atoms with van der Waals surface area (Å²) < 4.78 is 7.22. The van der Waals surface area contributed by atoms with Gasteiger partial charge in [-0.05, 0) is 25.5 Å². The van der Waals surface area contributed by atoms with E-state index in [2.05, 4.69) is 15.5 Å². The number of hydrazine groups is 1. The van der Waals surface area contributed by atoms with Crippen LogP contribution in [0.2, 0.25) is 0 Å². The van der Waals surface area contributed by atoms with Crippen LogP contribution >= 0.6 is 0 Å². The molecule has 2 rings (SSSR count). The SMILES string of the molecule is CCn1ncc(OC)c1C(NN)c1ccc(C)nc1. The molecular formula is C13H19N5O. The van der Waals surface area contributed by atoms with Crippen LogP contribution in [-0.2, 0) is 6.54 Å². The fourth-order valence-corrected chi connectivity index (χ4v) is 2.06. The third-order valence-electron chi connectivity index (χ3n) is 3.07. The van der Waals surface area contributed by atoms with Gasteiger partial charge < -0.3 is 4.74 Å². The molecule has 0 saturated heterocycles.